The van der Waals surface area contributed by atoms with Crippen LogP contribution in [-0.4, -0.2) is 29.6 Å². The first-order valence-corrected chi connectivity index (χ1v) is 6.40. The standard InChI is InChI=1S/C12H18Cl2N2O/c1-3-16(4-2)7-11(17)8-5-9(13)12(15)10(14)6-8/h5-6,11,17H,3-4,7,15H2,1-2H3. The van der Waals surface area contributed by atoms with Gasteiger partial charge in [0.1, 0.15) is 0 Å². The van der Waals surface area contributed by atoms with E-state index in [-0.39, 0.29) is 0 Å². The largest absolute Gasteiger partial charge is 0.396 e. The number of hydrogen-bond acceptors (Lipinski definition) is 3. The summed E-state index contributed by atoms with van der Waals surface area (Å²) in [4.78, 5) is 2.13. The maximum atomic E-state index is 10.1. The summed E-state index contributed by atoms with van der Waals surface area (Å²) in [5.41, 5.74) is 6.70. The van der Waals surface area contributed by atoms with E-state index in [1.807, 2.05) is 0 Å². The number of anilines is 1. The molecule has 0 spiro atoms. The number of nitrogens with zero attached hydrogens (tertiary/aromatic N) is 1. The van der Waals surface area contributed by atoms with Crippen molar-refractivity contribution in [3.63, 3.8) is 0 Å². The van der Waals surface area contributed by atoms with Crippen LogP contribution in [-0.2, 0) is 0 Å². The van der Waals surface area contributed by atoms with Crippen LogP contribution in [0, 0.1) is 0 Å². The van der Waals surface area contributed by atoms with Crippen molar-refractivity contribution >= 4 is 28.9 Å². The van der Waals surface area contributed by atoms with Crippen molar-refractivity contribution in [2.75, 3.05) is 25.4 Å². The van der Waals surface area contributed by atoms with Crippen molar-refractivity contribution in [2.24, 2.45) is 0 Å². The van der Waals surface area contributed by atoms with Crippen LogP contribution in [0.15, 0.2) is 12.1 Å². The summed E-state index contributed by atoms with van der Waals surface area (Å²) in [5, 5.41) is 10.9. The first-order chi connectivity index (χ1) is 7.99. The molecule has 0 radical (unpaired) electrons. The van der Waals surface area contributed by atoms with E-state index in [9.17, 15) is 5.11 Å². The van der Waals surface area contributed by atoms with Gasteiger partial charge < -0.3 is 15.7 Å². The maximum Gasteiger partial charge on any atom is 0.0917 e. The Labute approximate surface area is 112 Å². The molecule has 1 aromatic carbocycles. The number of likely N-dealkylation sites (N-methyl/N-ethyl adjacent to an activating group) is 1. The highest BCUT2D eigenvalue weighted by molar-refractivity contribution is 6.38. The molecular formula is C12H18Cl2N2O. The van der Waals surface area contributed by atoms with Crippen molar-refractivity contribution in [3.8, 4) is 0 Å². The van der Waals surface area contributed by atoms with Crippen molar-refractivity contribution in [2.45, 2.75) is 20.0 Å². The molecule has 0 saturated heterocycles. The van der Waals surface area contributed by atoms with E-state index in [2.05, 4.69) is 18.7 Å². The lowest BCUT2D eigenvalue weighted by Gasteiger charge is -2.22. The Kier molecular flexibility index (Phi) is 5.53. The van der Waals surface area contributed by atoms with Crippen molar-refractivity contribution < 1.29 is 5.11 Å². The number of hydrogen-bond donors (Lipinski definition) is 2. The minimum Gasteiger partial charge on any atom is -0.396 e. The SMILES string of the molecule is CCN(CC)CC(O)c1cc(Cl)c(N)c(Cl)c1. The van der Waals surface area contributed by atoms with E-state index >= 15 is 0 Å². The quantitative estimate of drug-likeness (QED) is 0.813. The van der Waals surface area contributed by atoms with Gasteiger partial charge in [0.25, 0.3) is 0 Å². The maximum absolute atomic E-state index is 10.1. The van der Waals surface area contributed by atoms with Crippen LogP contribution in [0.25, 0.3) is 0 Å². The summed E-state index contributed by atoms with van der Waals surface area (Å²) in [6, 6.07) is 3.33. The second-order valence-corrected chi connectivity index (χ2v) is 4.71. The summed E-state index contributed by atoms with van der Waals surface area (Å²) in [6.45, 7) is 6.45. The molecule has 1 atom stereocenters. The molecule has 0 aliphatic carbocycles. The van der Waals surface area contributed by atoms with Gasteiger partial charge in [0.05, 0.1) is 21.8 Å². The summed E-state index contributed by atoms with van der Waals surface area (Å²) in [6.07, 6.45) is -0.606. The van der Waals surface area contributed by atoms with Gasteiger partial charge in [-0.05, 0) is 30.8 Å². The molecule has 0 aliphatic heterocycles. The highest BCUT2D eigenvalue weighted by Crippen LogP contribution is 2.31. The molecule has 1 rings (SSSR count). The lowest BCUT2D eigenvalue weighted by Crippen LogP contribution is -2.28. The number of halogens is 2. The highest BCUT2D eigenvalue weighted by Gasteiger charge is 2.14. The minimum absolute atomic E-state index is 0.354. The predicted octanol–water partition coefficient (Wildman–Crippen LogP) is 2.95. The van der Waals surface area contributed by atoms with Gasteiger partial charge in [-0.15, -0.1) is 0 Å². The van der Waals surface area contributed by atoms with E-state index in [0.717, 1.165) is 13.1 Å². The lowest BCUT2D eigenvalue weighted by atomic mass is 10.1. The number of aliphatic hydroxyl groups excluding tert-OH is 1. The van der Waals surface area contributed by atoms with Crippen molar-refractivity contribution in [1.29, 1.82) is 0 Å². The molecule has 3 N–H and O–H groups in total. The van der Waals surface area contributed by atoms with Gasteiger partial charge >= 0.3 is 0 Å². The Morgan fingerprint density at radius 2 is 1.71 bits per heavy atom. The van der Waals surface area contributed by atoms with Crippen LogP contribution in [0.4, 0.5) is 5.69 Å². The molecule has 0 aromatic heterocycles. The third-order valence-corrected chi connectivity index (χ3v) is 3.44. The molecule has 0 aliphatic rings. The molecule has 0 saturated carbocycles. The smallest absolute Gasteiger partial charge is 0.0917 e. The Morgan fingerprint density at radius 3 is 2.12 bits per heavy atom. The topological polar surface area (TPSA) is 49.5 Å². The zero-order chi connectivity index (χ0) is 13.0. The predicted molar refractivity (Wildman–Crippen MR) is 73.6 cm³/mol. The van der Waals surface area contributed by atoms with Gasteiger partial charge in [-0.3, -0.25) is 0 Å². The van der Waals surface area contributed by atoms with Gasteiger partial charge in [0, 0.05) is 6.54 Å². The second kappa shape index (κ2) is 6.45. The van der Waals surface area contributed by atoms with Gasteiger partial charge in [-0.2, -0.15) is 0 Å². The second-order valence-electron chi connectivity index (χ2n) is 3.90. The van der Waals surface area contributed by atoms with Crippen LogP contribution in [0.5, 0.6) is 0 Å². The molecular weight excluding hydrogens is 259 g/mol. The molecule has 0 bridgehead atoms. The van der Waals surface area contributed by atoms with Gasteiger partial charge in [0.15, 0.2) is 0 Å². The normalized spacial score (nSPS) is 13.1. The molecule has 96 valence electrons. The lowest BCUT2D eigenvalue weighted by molar-refractivity contribution is 0.119. The van der Waals surface area contributed by atoms with E-state index in [1.54, 1.807) is 12.1 Å². The summed E-state index contributed by atoms with van der Waals surface area (Å²) in [7, 11) is 0. The third-order valence-electron chi connectivity index (χ3n) is 2.81. The molecule has 17 heavy (non-hydrogen) atoms. The van der Waals surface area contributed by atoms with Crippen LogP contribution in [0.3, 0.4) is 0 Å². The molecule has 0 amide bonds. The van der Waals surface area contributed by atoms with Gasteiger partial charge in [0.2, 0.25) is 0 Å². The van der Waals surface area contributed by atoms with Gasteiger partial charge in [-0.25, -0.2) is 0 Å². The molecule has 3 nitrogen and oxygen atoms in total. The minimum atomic E-state index is -0.606. The van der Waals surface area contributed by atoms with Crippen LogP contribution < -0.4 is 5.73 Å². The Morgan fingerprint density at radius 1 is 1.24 bits per heavy atom. The fourth-order valence-corrected chi connectivity index (χ4v) is 2.13. The average molecular weight is 277 g/mol. The number of benzene rings is 1. The fraction of sp³-hybridized carbons (Fsp3) is 0.500. The molecule has 0 fully saturated rings. The summed E-state index contributed by atoms with van der Waals surface area (Å²) < 4.78 is 0. The zero-order valence-corrected chi connectivity index (χ0v) is 11.6. The first-order valence-electron chi connectivity index (χ1n) is 5.64. The van der Waals surface area contributed by atoms with Crippen molar-refractivity contribution in [3.05, 3.63) is 27.7 Å². The van der Waals surface area contributed by atoms with E-state index < -0.39 is 6.10 Å². The highest BCUT2D eigenvalue weighted by atomic mass is 35.5. The van der Waals surface area contributed by atoms with E-state index in [1.165, 1.54) is 0 Å². The van der Waals surface area contributed by atoms with Crippen LogP contribution in [0.1, 0.15) is 25.5 Å². The average Bonchev–Trinajstić information content (AvgIpc) is 2.31. The fourth-order valence-electron chi connectivity index (χ4n) is 1.63. The number of rotatable bonds is 5. The molecule has 1 aromatic rings. The van der Waals surface area contributed by atoms with Crippen LogP contribution >= 0.6 is 23.2 Å². The molecule has 1 unspecified atom stereocenters. The molecule has 5 heteroatoms. The third kappa shape index (κ3) is 3.75. The number of nitrogens with two attached hydrogens (primary N) is 1. The zero-order valence-electron chi connectivity index (χ0n) is 10.1. The Hall–Kier alpha value is -0.480. The Balaban J connectivity index is 2.85. The monoisotopic (exact) mass is 276 g/mol. The van der Waals surface area contributed by atoms with E-state index in [4.69, 9.17) is 28.9 Å². The first kappa shape index (κ1) is 14.6. The number of aliphatic hydroxyl groups is 1. The van der Waals surface area contributed by atoms with Gasteiger partial charge in [-0.1, -0.05) is 37.0 Å². The number of nitrogen functional groups attached to an aromatic ring is 1. The summed E-state index contributed by atoms with van der Waals surface area (Å²) >= 11 is 11.9. The van der Waals surface area contributed by atoms with Crippen molar-refractivity contribution in [1.82, 2.24) is 4.90 Å². The molecule has 0 heterocycles. The Bertz CT molecular complexity index is 358. The van der Waals surface area contributed by atoms with E-state index in [0.29, 0.717) is 27.8 Å². The van der Waals surface area contributed by atoms with Crippen LogP contribution in [0.2, 0.25) is 10.0 Å². The summed E-state index contributed by atoms with van der Waals surface area (Å²) in [5.74, 6) is 0.